The lowest BCUT2D eigenvalue weighted by Crippen LogP contribution is -2.31. The van der Waals surface area contributed by atoms with E-state index in [2.05, 4.69) is 48.4 Å². The first kappa shape index (κ1) is 24.6. The number of nitrogens with one attached hydrogen (secondary N) is 4. The maximum Gasteiger partial charge on any atom is 0.256 e. The molecule has 5 N–H and O–H groups in total. The van der Waals surface area contributed by atoms with Crippen molar-refractivity contribution in [1.82, 2.24) is 25.6 Å². The molecule has 0 saturated carbocycles. The molecule has 0 radical (unpaired) electrons. The SMILES string of the molecule is CC(C)NC(=O)c1cnc(Nc2ccc3c(c2)CNCC3)nc1Nc1cccc(C(C)(C)CO)n1. The average Bonchev–Trinajstić information content (AvgIpc) is 2.84. The van der Waals surface area contributed by atoms with Crippen LogP contribution in [0.5, 0.6) is 0 Å². The molecule has 184 valence electrons. The first-order chi connectivity index (χ1) is 16.7. The molecular formula is C26H33N7O2. The zero-order valence-corrected chi connectivity index (χ0v) is 20.6. The Labute approximate surface area is 205 Å². The minimum atomic E-state index is -0.505. The Balaban J connectivity index is 1.65. The summed E-state index contributed by atoms with van der Waals surface area (Å²) >= 11 is 0. The van der Waals surface area contributed by atoms with Crippen LogP contribution in [0, 0.1) is 0 Å². The molecule has 1 aliphatic heterocycles. The van der Waals surface area contributed by atoms with Gasteiger partial charge in [0.2, 0.25) is 5.95 Å². The maximum absolute atomic E-state index is 12.9. The highest BCUT2D eigenvalue weighted by Crippen LogP contribution is 2.26. The van der Waals surface area contributed by atoms with Gasteiger partial charge in [-0.05, 0) is 62.2 Å². The fourth-order valence-electron chi connectivity index (χ4n) is 3.81. The Morgan fingerprint density at radius 1 is 1.14 bits per heavy atom. The Kier molecular flexibility index (Phi) is 7.28. The Bertz CT molecular complexity index is 1210. The summed E-state index contributed by atoms with van der Waals surface area (Å²) in [5, 5.41) is 22.5. The predicted octanol–water partition coefficient (Wildman–Crippen LogP) is 3.41. The van der Waals surface area contributed by atoms with Crippen LogP contribution in [0.15, 0.2) is 42.6 Å². The molecule has 0 aliphatic carbocycles. The molecule has 0 saturated heterocycles. The number of hydrogen-bond donors (Lipinski definition) is 5. The highest BCUT2D eigenvalue weighted by atomic mass is 16.3. The number of pyridine rings is 1. The molecule has 0 fully saturated rings. The standard InChI is InChI=1S/C26H33N7O2/c1-16(2)29-24(35)20-14-28-25(30-19-9-8-17-10-11-27-13-18(17)12-19)33-23(20)32-22-7-5-6-21(31-22)26(3,4)15-34/h5-9,12,14,16,27,34H,10-11,13,15H2,1-4H3,(H,29,35)(H2,28,30,31,32,33). The molecule has 35 heavy (non-hydrogen) atoms. The number of fused-ring (bicyclic) bond motifs is 1. The number of anilines is 4. The van der Waals surface area contributed by atoms with Crippen LogP contribution in [0.4, 0.5) is 23.3 Å². The van der Waals surface area contributed by atoms with Gasteiger partial charge in [0.15, 0.2) is 0 Å². The molecule has 9 nitrogen and oxygen atoms in total. The zero-order valence-electron chi connectivity index (χ0n) is 20.6. The van der Waals surface area contributed by atoms with Gasteiger partial charge in [-0.15, -0.1) is 0 Å². The van der Waals surface area contributed by atoms with E-state index in [1.807, 2.05) is 45.9 Å². The van der Waals surface area contributed by atoms with E-state index in [0.717, 1.165) is 30.9 Å². The Hall–Kier alpha value is -3.56. The number of rotatable bonds is 8. The number of carbonyl (C=O) groups is 1. The van der Waals surface area contributed by atoms with Crippen LogP contribution in [0.25, 0.3) is 0 Å². The number of nitrogens with zero attached hydrogens (tertiary/aromatic N) is 3. The third-order valence-corrected chi connectivity index (χ3v) is 5.89. The summed E-state index contributed by atoms with van der Waals surface area (Å²) in [7, 11) is 0. The molecule has 3 heterocycles. The van der Waals surface area contributed by atoms with Gasteiger partial charge in [-0.3, -0.25) is 4.79 Å². The number of carbonyl (C=O) groups excluding carboxylic acids is 1. The number of hydrogen-bond acceptors (Lipinski definition) is 8. The first-order valence-electron chi connectivity index (χ1n) is 11.9. The molecule has 1 aliphatic rings. The normalized spacial score (nSPS) is 13.3. The maximum atomic E-state index is 12.9. The molecule has 1 aromatic carbocycles. The van der Waals surface area contributed by atoms with E-state index in [-0.39, 0.29) is 18.6 Å². The highest BCUT2D eigenvalue weighted by Gasteiger charge is 2.22. The van der Waals surface area contributed by atoms with Gasteiger partial charge < -0.3 is 26.4 Å². The smallest absolute Gasteiger partial charge is 0.256 e. The van der Waals surface area contributed by atoms with Crippen LogP contribution in [-0.4, -0.2) is 45.2 Å². The number of aromatic nitrogens is 3. The molecule has 0 atom stereocenters. The van der Waals surface area contributed by atoms with E-state index < -0.39 is 5.41 Å². The summed E-state index contributed by atoms with van der Waals surface area (Å²) in [5.74, 6) is 0.948. The van der Waals surface area contributed by atoms with Crippen molar-refractivity contribution < 1.29 is 9.90 Å². The first-order valence-corrected chi connectivity index (χ1v) is 11.9. The van der Waals surface area contributed by atoms with E-state index in [1.165, 1.54) is 17.3 Å². The predicted molar refractivity (Wildman–Crippen MR) is 137 cm³/mol. The van der Waals surface area contributed by atoms with E-state index in [4.69, 9.17) is 0 Å². The summed E-state index contributed by atoms with van der Waals surface area (Å²) in [4.78, 5) is 26.5. The number of aliphatic hydroxyl groups is 1. The Morgan fingerprint density at radius 3 is 2.74 bits per heavy atom. The monoisotopic (exact) mass is 475 g/mol. The van der Waals surface area contributed by atoms with E-state index in [0.29, 0.717) is 23.1 Å². The molecule has 0 bridgehead atoms. The summed E-state index contributed by atoms with van der Waals surface area (Å²) in [6.45, 7) is 9.41. The minimum absolute atomic E-state index is 0.0379. The lowest BCUT2D eigenvalue weighted by atomic mass is 9.90. The van der Waals surface area contributed by atoms with Crippen molar-refractivity contribution in [1.29, 1.82) is 0 Å². The van der Waals surface area contributed by atoms with Crippen molar-refractivity contribution in [3.05, 3.63) is 65.0 Å². The topological polar surface area (TPSA) is 124 Å². The lowest BCUT2D eigenvalue weighted by molar-refractivity contribution is 0.0943. The van der Waals surface area contributed by atoms with Crippen LogP contribution in [0.3, 0.4) is 0 Å². The molecule has 0 spiro atoms. The van der Waals surface area contributed by atoms with Gasteiger partial charge in [-0.25, -0.2) is 9.97 Å². The fraction of sp³-hybridized carbons (Fsp3) is 0.385. The van der Waals surface area contributed by atoms with Crippen LogP contribution in [-0.2, 0) is 18.4 Å². The molecule has 9 heteroatoms. The van der Waals surface area contributed by atoms with Crippen molar-refractivity contribution >= 4 is 29.2 Å². The van der Waals surface area contributed by atoms with Crippen LogP contribution in [0.2, 0.25) is 0 Å². The molecule has 0 unspecified atom stereocenters. The largest absolute Gasteiger partial charge is 0.395 e. The van der Waals surface area contributed by atoms with Crippen LogP contribution < -0.4 is 21.3 Å². The fourth-order valence-corrected chi connectivity index (χ4v) is 3.81. The van der Waals surface area contributed by atoms with Crippen molar-refractivity contribution in [2.75, 3.05) is 23.8 Å². The third kappa shape index (κ3) is 5.93. The number of benzene rings is 1. The molecule has 4 rings (SSSR count). The second kappa shape index (κ2) is 10.4. The van der Waals surface area contributed by atoms with Gasteiger partial charge in [-0.2, -0.15) is 4.98 Å². The minimum Gasteiger partial charge on any atom is -0.395 e. The van der Waals surface area contributed by atoms with Gasteiger partial charge in [0.05, 0.1) is 12.3 Å². The molecule has 1 amide bonds. The molecule has 3 aromatic rings. The van der Waals surface area contributed by atoms with Crippen LogP contribution in [0.1, 0.15) is 54.9 Å². The van der Waals surface area contributed by atoms with Gasteiger partial charge in [0, 0.05) is 29.9 Å². The second-order valence-electron chi connectivity index (χ2n) is 9.69. The van der Waals surface area contributed by atoms with Crippen LogP contribution >= 0.6 is 0 Å². The van der Waals surface area contributed by atoms with Crippen molar-refractivity contribution in [2.45, 2.75) is 52.1 Å². The van der Waals surface area contributed by atoms with Crippen molar-refractivity contribution in [2.24, 2.45) is 0 Å². The molecule has 2 aromatic heterocycles. The van der Waals surface area contributed by atoms with E-state index >= 15 is 0 Å². The van der Waals surface area contributed by atoms with Gasteiger partial charge in [0.1, 0.15) is 17.2 Å². The highest BCUT2D eigenvalue weighted by molar-refractivity contribution is 5.99. The summed E-state index contributed by atoms with van der Waals surface area (Å²) in [6, 6.07) is 11.7. The summed E-state index contributed by atoms with van der Waals surface area (Å²) in [6.07, 6.45) is 2.52. The summed E-state index contributed by atoms with van der Waals surface area (Å²) in [5.41, 5.74) is 4.01. The quantitative estimate of drug-likeness (QED) is 0.336. The third-order valence-electron chi connectivity index (χ3n) is 5.89. The second-order valence-corrected chi connectivity index (χ2v) is 9.69. The van der Waals surface area contributed by atoms with E-state index in [9.17, 15) is 9.90 Å². The van der Waals surface area contributed by atoms with Gasteiger partial charge in [-0.1, -0.05) is 26.0 Å². The summed E-state index contributed by atoms with van der Waals surface area (Å²) < 4.78 is 0. The zero-order chi connectivity index (χ0) is 25.0. The van der Waals surface area contributed by atoms with Crippen molar-refractivity contribution in [3.8, 4) is 0 Å². The number of amides is 1. The van der Waals surface area contributed by atoms with Crippen molar-refractivity contribution in [3.63, 3.8) is 0 Å². The average molecular weight is 476 g/mol. The van der Waals surface area contributed by atoms with Gasteiger partial charge >= 0.3 is 0 Å². The Morgan fingerprint density at radius 2 is 1.97 bits per heavy atom. The van der Waals surface area contributed by atoms with E-state index in [1.54, 1.807) is 6.07 Å². The molecular weight excluding hydrogens is 442 g/mol. The van der Waals surface area contributed by atoms with Gasteiger partial charge in [0.25, 0.3) is 5.91 Å². The number of aliphatic hydroxyl groups excluding tert-OH is 1. The lowest BCUT2D eigenvalue weighted by Gasteiger charge is -2.22.